The van der Waals surface area contributed by atoms with E-state index in [0.717, 1.165) is 36.7 Å². The van der Waals surface area contributed by atoms with E-state index < -0.39 is 0 Å². The van der Waals surface area contributed by atoms with Gasteiger partial charge in [0.2, 0.25) is 5.91 Å². The molecule has 4 rings (SSSR count). The minimum atomic E-state index is -0.304. The number of nitrogens with zero attached hydrogens (tertiary/aromatic N) is 2. The Hall–Kier alpha value is -1.89. The molecule has 0 saturated carbocycles. The van der Waals surface area contributed by atoms with Gasteiger partial charge in [0.25, 0.3) is 0 Å². The highest BCUT2D eigenvalue weighted by Crippen LogP contribution is 2.40. The number of carbonyl (C=O) groups is 2. The van der Waals surface area contributed by atoms with Crippen molar-refractivity contribution in [1.29, 1.82) is 0 Å². The van der Waals surface area contributed by atoms with Gasteiger partial charge in [0.05, 0.1) is 18.3 Å². The number of hydrogen-bond donors (Lipinski definition) is 1. The topological polar surface area (TPSA) is 61.9 Å². The Morgan fingerprint density at radius 1 is 1.36 bits per heavy atom. The van der Waals surface area contributed by atoms with Crippen LogP contribution in [0, 0.1) is 0 Å². The van der Waals surface area contributed by atoms with Crippen LogP contribution in [0.25, 0.3) is 0 Å². The van der Waals surface area contributed by atoms with E-state index in [-0.39, 0.29) is 24.1 Å². The second-order valence-corrected chi connectivity index (χ2v) is 7.86. The van der Waals surface area contributed by atoms with Crippen molar-refractivity contribution in [2.24, 2.45) is 0 Å². The summed E-state index contributed by atoms with van der Waals surface area (Å²) in [6.07, 6.45) is 0.628. The van der Waals surface area contributed by atoms with Crippen molar-refractivity contribution in [1.82, 2.24) is 5.32 Å². The number of carbonyl (C=O) groups excluding carboxylic acids is 2. The van der Waals surface area contributed by atoms with Gasteiger partial charge in [-0.25, -0.2) is 4.79 Å². The monoisotopic (exact) mass is 361 g/mol. The summed E-state index contributed by atoms with van der Waals surface area (Å²) in [5.74, 6) is 2.31. The van der Waals surface area contributed by atoms with Crippen molar-refractivity contribution >= 4 is 35.1 Å². The fourth-order valence-electron chi connectivity index (χ4n) is 3.80. The van der Waals surface area contributed by atoms with Crippen molar-refractivity contribution < 1.29 is 14.3 Å². The van der Waals surface area contributed by atoms with Crippen LogP contribution in [0.5, 0.6) is 0 Å². The van der Waals surface area contributed by atoms with Gasteiger partial charge in [0.15, 0.2) is 0 Å². The third-order valence-electron chi connectivity index (χ3n) is 5.16. The maximum Gasteiger partial charge on any atom is 0.415 e. The van der Waals surface area contributed by atoms with Crippen LogP contribution in [0.2, 0.25) is 0 Å². The van der Waals surface area contributed by atoms with Crippen LogP contribution in [-0.4, -0.2) is 55.3 Å². The van der Waals surface area contributed by atoms with Gasteiger partial charge in [-0.2, -0.15) is 11.8 Å². The number of amides is 2. The molecule has 134 valence electrons. The molecule has 3 aliphatic heterocycles. The molecule has 2 saturated heterocycles. The first-order valence-electron chi connectivity index (χ1n) is 8.89. The summed E-state index contributed by atoms with van der Waals surface area (Å²) in [7, 11) is 0. The average molecular weight is 361 g/mol. The Bertz CT molecular complexity index is 690. The van der Waals surface area contributed by atoms with Gasteiger partial charge in [-0.3, -0.25) is 9.69 Å². The van der Waals surface area contributed by atoms with E-state index >= 15 is 0 Å². The highest BCUT2D eigenvalue weighted by atomic mass is 32.2. The fourth-order valence-corrected chi connectivity index (χ4v) is 4.70. The van der Waals surface area contributed by atoms with Crippen LogP contribution in [-0.2, 0) is 16.0 Å². The Morgan fingerprint density at radius 3 is 2.92 bits per heavy atom. The summed E-state index contributed by atoms with van der Waals surface area (Å²) in [4.78, 5) is 28.0. The first-order valence-corrected chi connectivity index (χ1v) is 10.0. The lowest BCUT2D eigenvalue weighted by Gasteiger charge is -2.29. The fraction of sp³-hybridized carbons (Fsp3) is 0.556. The number of cyclic esters (lactones) is 1. The normalized spacial score (nSPS) is 24.8. The smallest absolute Gasteiger partial charge is 0.415 e. The summed E-state index contributed by atoms with van der Waals surface area (Å²) in [5, 5.41) is 2.84. The Labute approximate surface area is 151 Å². The summed E-state index contributed by atoms with van der Waals surface area (Å²) < 4.78 is 5.49. The lowest BCUT2D eigenvalue weighted by atomic mass is 10.0. The molecule has 0 spiro atoms. The second-order valence-electron chi connectivity index (χ2n) is 6.63. The third kappa shape index (κ3) is 3.05. The molecule has 0 unspecified atom stereocenters. The minimum Gasteiger partial charge on any atom is -0.442 e. The highest BCUT2D eigenvalue weighted by Gasteiger charge is 2.47. The zero-order valence-corrected chi connectivity index (χ0v) is 15.2. The molecule has 0 aromatic heterocycles. The van der Waals surface area contributed by atoms with E-state index in [1.807, 2.05) is 24.8 Å². The van der Waals surface area contributed by atoms with Crippen LogP contribution in [0.3, 0.4) is 0 Å². The molecule has 7 heteroatoms. The molecular formula is C18H23N3O3S. The number of anilines is 2. The second kappa shape index (κ2) is 6.78. The Kier molecular flexibility index (Phi) is 4.50. The van der Waals surface area contributed by atoms with Crippen LogP contribution in [0.4, 0.5) is 16.2 Å². The molecule has 1 aromatic rings. The number of ether oxygens (including phenoxy) is 1. The molecule has 6 nitrogen and oxygen atoms in total. The SMILES string of the molecule is CCC(=O)NC[C@@H]1OC(=O)N2c3ccc(N4CCSCC4)cc3C[C@@H]12. The molecule has 3 heterocycles. The van der Waals surface area contributed by atoms with E-state index in [9.17, 15) is 9.59 Å². The predicted molar refractivity (Wildman–Crippen MR) is 99.5 cm³/mol. The first kappa shape index (κ1) is 16.6. The predicted octanol–water partition coefficient (Wildman–Crippen LogP) is 2.02. The molecule has 2 fully saturated rings. The van der Waals surface area contributed by atoms with Gasteiger partial charge in [-0.15, -0.1) is 0 Å². The largest absolute Gasteiger partial charge is 0.442 e. The van der Waals surface area contributed by atoms with Gasteiger partial charge >= 0.3 is 6.09 Å². The molecule has 1 N–H and O–H groups in total. The van der Waals surface area contributed by atoms with Gasteiger partial charge in [-0.1, -0.05) is 6.92 Å². The minimum absolute atomic E-state index is 0.0183. The number of fused-ring (bicyclic) bond motifs is 3. The lowest BCUT2D eigenvalue weighted by molar-refractivity contribution is -0.121. The third-order valence-corrected chi connectivity index (χ3v) is 6.10. The zero-order chi connectivity index (χ0) is 17.4. The maximum atomic E-state index is 12.3. The summed E-state index contributed by atoms with van der Waals surface area (Å²) in [6.45, 7) is 4.34. The molecule has 25 heavy (non-hydrogen) atoms. The molecule has 0 bridgehead atoms. The Balaban J connectivity index is 1.51. The standard InChI is InChI=1S/C18H23N3O3S/c1-2-17(22)19-11-16-15-10-12-9-13(20-5-7-25-8-6-20)3-4-14(12)21(15)18(23)24-16/h3-4,9,15-16H,2,5-8,10-11H2,1H3,(H,19,22)/t15-,16-/m0/s1. The van der Waals surface area contributed by atoms with Crippen LogP contribution >= 0.6 is 11.8 Å². The van der Waals surface area contributed by atoms with E-state index in [1.165, 1.54) is 11.3 Å². The maximum absolute atomic E-state index is 12.3. The van der Waals surface area contributed by atoms with Crippen molar-refractivity contribution in [2.45, 2.75) is 31.9 Å². The molecule has 2 amide bonds. The number of thioether (sulfide) groups is 1. The van der Waals surface area contributed by atoms with Crippen molar-refractivity contribution in [3.05, 3.63) is 23.8 Å². The van der Waals surface area contributed by atoms with E-state index in [2.05, 4.69) is 22.3 Å². The van der Waals surface area contributed by atoms with Crippen LogP contribution in [0.15, 0.2) is 18.2 Å². The molecule has 0 radical (unpaired) electrons. The lowest BCUT2D eigenvalue weighted by Crippen LogP contribution is -2.40. The number of nitrogens with one attached hydrogen (secondary N) is 1. The molecule has 0 aliphatic carbocycles. The van der Waals surface area contributed by atoms with Crippen molar-refractivity contribution in [3.8, 4) is 0 Å². The number of rotatable bonds is 4. The molecule has 1 aromatic carbocycles. The molecular weight excluding hydrogens is 338 g/mol. The average Bonchev–Trinajstić information content (AvgIpc) is 3.17. The number of benzene rings is 1. The van der Waals surface area contributed by atoms with E-state index in [1.54, 1.807) is 4.90 Å². The van der Waals surface area contributed by atoms with Crippen LogP contribution < -0.4 is 15.1 Å². The van der Waals surface area contributed by atoms with Crippen molar-refractivity contribution in [3.63, 3.8) is 0 Å². The number of hydrogen-bond acceptors (Lipinski definition) is 5. The Morgan fingerprint density at radius 2 is 2.16 bits per heavy atom. The summed E-state index contributed by atoms with van der Waals surface area (Å²) in [6, 6.07) is 6.35. The summed E-state index contributed by atoms with van der Waals surface area (Å²) >= 11 is 2.00. The van der Waals surface area contributed by atoms with Gasteiger partial charge in [0, 0.05) is 36.7 Å². The quantitative estimate of drug-likeness (QED) is 0.889. The van der Waals surface area contributed by atoms with E-state index in [0.29, 0.717) is 13.0 Å². The van der Waals surface area contributed by atoms with Crippen molar-refractivity contribution in [2.75, 3.05) is 40.9 Å². The highest BCUT2D eigenvalue weighted by molar-refractivity contribution is 7.99. The van der Waals surface area contributed by atoms with Gasteiger partial charge < -0.3 is 15.0 Å². The molecule has 2 atom stereocenters. The first-order chi connectivity index (χ1) is 12.2. The summed E-state index contributed by atoms with van der Waals surface area (Å²) in [5.41, 5.74) is 3.39. The molecule has 3 aliphatic rings. The zero-order valence-electron chi connectivity index (χ0n) is 14.4. The van der Waals surface area contributed by atoms with Gasteiger partial charge in [0.1, 0.15) is 6.10 Å². The van der Waals surface area contributed by atoms with Crippen LogP contribution in [0.1, 0.15) is 18.9 Å². The van der Waals surface area contributed by atoms with Gasteiger partial charge in [-0.05, 0) is 30.2 Å². The van der Waals surface area contributed by atoms with E-state index in [4.69, 9.17) is 4.74 Å².